The largest absolute Gasteiger partial charge is 0.327 e. The summed E-state index contributed by atoms with van der Waals surface area (Å²) in [4.78, 5) is 0. The second-order valence-electron chi connectivity index (χ2n) is 5.80. The second kappa shape index (κ2) is 6.02. The maximum atomic E-state index is 6.16. The van der Waals surface area contributed by atoms with Crippen LogP contribution in [-0.2, 0) is 19.9 Å². The molecular formula is C16H27N5. The van der Waals surface area contributed by atoms with Gasteiger partial charge in [-0.05, 0) is 45.6 Å². The summed E-state index contributed by atoms with van der Waals surface area (Å²) < 4.78 is 3.96. The third-order valence-corrected chi connectivity index (χ3v) is 4.30. The van der Waals surface area contributed by atoms with E-state index in [2.05, 4.69) is 32.8 Å². The number of hydrogen-bond acceptors (Lipinski definition) is 3. The van der Waals surface area contributed by atoms with Gasteiger partial charge in [0.15, 0.2) is 5.82 Å². The van der Waals surface area contributed by atoms with Gasteiger partial charge in [0, 0.05) is 24.3 Å². The van der Waals surface area contributed by atoms with Crippen molar-refractivity contribution < 1.29 is 0 Å². The summed E-state index contributed by atoms with van der Waals surface area (Å²) in [5.41, 5.74) is 12.0. The molecule has 0 amide bonds. The lowest BCUT2D eigenvalue weighted by atomic mass is 10.0. The predicted octanol–water partition coefficient (Wildman–Crippen LogP) is 2.37. The molecule has 1 atom stereocenters. The van der Waals surface area contributed by atoms with Crippen LogP contribution in [0.1, 0.15) is 48.5 Å². The van der Waals surface area contributed by atoms with Crippen LogP contribution in [0, 0.1) is 20.8 Å². The van der Waals surface area contributed by atoms with Crippen LogP contribution in [0.25, 0.3) is 5.82 Å². The molecule has 0 saturated heterocycles. The van der Waals surface area contributed by atoms with E-state index < -0.39 is 0 Å². The molecule has 0 bridgehead atoms. The van der Waals surface area contributed by atoms with Crippen LogP contribution in [0.2, 0.25) is 0 Å². The Morgan fingerprint density at radius 3 is 2.19 bits per heavy atom. The SMILES string of the molecule is CCc1c(C)nn(-c2c(CC(N)CC)c(C)nn2C)c1C. The minimum absolute atomic E-state index is 0.161. The summed E-state index contributed by atoms with van der Waals surface area (Å²) in [6.07, 6.45) is 2.80. The maximum absolute atomic E-state index is 6.16. The fourth-order valence-electron chi connectivity index (χ4n) is 2.99. The number of hydrogen-bond donors (Lipinski definition) is 1. The lowest BCUT2D eigenvalue weighted by molar-refractivity contribution is 0.634. The Morgan fingerprint density at radius 2 is 1.67 bits per heavy atom. The minimum Gasteiger partial charge on any atom is -0.327 e. The lowest BCUT2D eigenvalue weighted by Gasteiger charge is -2.12. The number of aromatic nitrogens is 4. The van der Waals surface area contributed by atoms with E-state index in [0.717, 1.165) is 36.5 Å². The van der Waals surface area contributed by atoms with Crippen LogP contribution in [0.4, 0.5) is 0 Å². The Hall–Kier alpha value is -1.62. The normalized spacial score (nSPS) is 12.9. The zero-order valence-corrected chi connectivity index (χ0v) is 14.1. The summed E-state index contributed by atoms with van der Waals surface area (Å²) in [6, 6.07) is 0.161. The van der Waals surface area contributed by atoms with Crippen molar-refractivity contribution in [2.24, 2.45) is 12.8 Å². The predicted molar refractivity (Wildman–Crippen MR) is 85.9 cm³/mol. The Bertz CT molecular complexity index is 636. The molecule has 0 saturated carbocycles. The quantitative estimate of drug-likeness (QED) is 0.919. The van der Waals surface area contributed by atoms with E-state index >= 15 is 0 Å². The summed E-state index contributed by atoms with van der Waals surface area (Å²) in [5.74, 6) is 1.05. The molecule has 0 fully saturated rings. The van der Waals surface area contributed by atoms with Gasteiger partial charge in [-0.15, -0.1) is 0 Å². The third-order valence-electron chi connectivity index (χ3n) is 4.30. The molecule has 0 spiro atoms. The third kappa shape index (κ3) is 2.75. The molecule has 2 aromatic rings. The molecule has 0 radical (unpaired) electrons. The van der Waals surface area contributed by atoms with E-state index in [1.807, 2.05) is 23.3 Å². The standard InChI is InChI=1S/C16H27N5/c1-7-13(17)9-15-11(4)18-20(6)16(15)21-12(5)14(8-2)10(3)19-21/h13H,7-9,17H2,1-6H3. The minimum atomic E-state index is 0.161. The average molecular weight is 289 g/mol. The first-order valence-electron chi connectivity index (χ1n) is 7.74. The fourth-order valence-corrected chi connectivity index (χ4v) is 2.99. The van der Waals surface area contributed by atoms with Crippen molar-refractivity contribution in [3.05, 3.63) is 28.2 Å². The highest BCUT2D eigenvalue weighted by Gasteiger charge is 2.21. The average Bonchev–Trinajstić information content (AvgIpc) is 2.86. The molecular weight excluding hydrogens is 262 g/mol. The molecule has 0 aliphatic carbocycles. The summed E-state index contributed by atoms with van der Waals surface area (Å²) >= 11 is 0. The number of nitrogens with two attached hydrogens (primary N) is 1. The van der Waals surface area contributed by atoms with Gasteiger partial charge in [-0.2, -0.15) is 10.2 Å². The Morgan fingerprint density at radius 1 is 1.05 bits per heavy atom. The van der Waals surface area contributed by atoms with Gasteiger partial charge in [0.25, 0.3) is 0 Å². The first-order chi connectivity index (χ1) is 9.90. The van der Waals surface area contributed by atoms with Crippen LogP contribution in [0.15, 0.2) is 0 Å². The molecule has 0 aliphatic heterocycles. The molecule has 116 valence electrons. The van der Waals surface area contributed by atoms with Crippen molar-refractivity contribution in [1.82, 2.24) is 19.6 Å². The lowest BCUT2D eigenvalue weighted by Crippen LogP contribution is -2.23. The van der Waals surface area contributed by atoms with E-state index in [9.17, 15) is 0 Å². The fraction of sp³-hybridized carbons (Fsp3) is 0.625. The first-order valence-corrected chi connectivity index (χ1v) is 7.74. The smallest absolute Gasteiger partial charge is 0.155 e. The second-order valence-corrected chi connectivity index (χ2v) is 5.80. The number of rotatable bonds is 5. The van der Waals surface area contributed by atoms with Crippen LogP contribution in [0.3, 0.4) is 0 Å². The van der Waals surface area contributed by atoms with Gasteiger partial charge in [-0.3, -0.25) is 4.68 Å². The van der Waals surface area contributed by atoms with Gasteiger partial charge in [0.1, 0.15) is 0 Å². The van der Waals surface area contributed by atoms with Gasteiger partial charge < -0.3 is 5.73 Å². The number of aryl methyl sites for hydroxylation is 3. The van der Waals surface area contributed by atoms with Crippen LogP contribution in [0.5, 0.6) is 0 Å². The Kier molecular flexibility index (Phi) is 4.52. The van der Waals surface area contributed by atoms with Crippen LogP contribution >= 0.6 is 0 Å². The Labute approximate surface area is 127 Å². The zero-order valence-electron chi connectivity index (χ0n) is 14.1. The maximum Gasteiger partial charge on any atom is 0.155 e. The Balaban J connectivity index is 2.58. The first kappa shape index (κ1) is 15.8. The molecule has 0 aliphatic rings. The number of nitrogens with zero attached hydrogens (tertiary/aromatic N) is 4. The molecule has 2 aromatic heterocycles. The van der Waals surface area contributed by atoms with Crippen molar-refractivity contribution in [3.8, 4) is 5.82 Å². The molecule has 5 nitrogen and oxygen atoms in total. The van der Waals surface area contributed by atoms with Gasteiger partial charge in [0.2, 0.25) is 0 Å². The summed E-state index contributed by atoms with van der Waals surface area (Å²) in [7, 11) is 1.98. The van der Waals surface area contributed by atoms with Gasteiger partial charge in [0.05, 0.1) is 11.4 Å². The van der Waals surface area contributed by atoms with Gasteiger partial charge >= 0.3 is 0 Å². The molecule has 1 unspecified atom stereocenters. The van der Waals surface area contributed by atoms with Crippen molar-refractivity contribution >= 4 is 0 Å². The summed E-state index contributed by atoms with van der Waals surface area (Å²) in [6.45, 7) is 10.5. The molecule has 5 heteroatoms. The van der Waals surface area contributed by atoms with Crippen LogP contribution < -0.4 is 5.73 Å². The molecule has 21 heavy (non-hydrogen) atoms. The van der Waals surface area contributed by atoms with Crippen LogP contribution in [-0.4, -0.2) is 25.6 Å². The molecule has 0 aromatic carbocycles. The van der Waals surface area contributed by atoms with Gasteiger partial charge in [-0.1, -0.05) is 13.8 Å². The zero-order chi connectivity index (χ0) is 15.7. The monoisotopic (exact) mass is 289 g/mol. The van der Waals surface area contributed by atoms with E-state index in [1.165, 1.54) is 16.8 Å². The van der Waals surface area contributed by atoms with E-state index in [0.29, 0.717) is 0 Å². The van der Waals surface area contributed by atoms with E-state index in [4.69, 9.17) is 10.8 Å². The highest BCUT2D eigenvalue weighted by atomic mass is 15.4. The highest BCUT2D eigenvalue weighted by Crippen LogP contribution is 2.24. The van der Waals surface area contributed by atoms with E-state index in [1.54, 1.807) is 0 Å². The van der Waals surface area contributed by atoms with E-state index in [-0.39, 0.29) is 6.04 Å². The van der Waals surface area contributed by atoms with Crippen molar-refractivity contribution in [1.29, 1.82) is 0 Å². The van der Waals surface area contributed by atoms with Gasteiger partial charge in [-0.25, -0.2) is 4.68 Å². The van der Waals surface area contributed by atoms with Crippen molar-refractivity contribution in [3.63, 3.8) is 0 Å². The summed E-state index contributed by atoms with van der Waals surface area (Å²) in [5, 5.41) is 9.32. The highest BCUT2D eigenvalue weighted by molar-refractivity contribution is 5.41. The molecule has 2 N–H and O–H groups in total. The molecule has 2 rings (SSSR count). The van der Waals surface area contributed by atoms with Crippen molar-refractivity contribution in [2.75, 3.05) is 0 Å². The topological polar surface area (TPSA) is 61.7 Å². The van der Waals surface area contributed by atoms with Crippen molar-refractivity contribution in [2.45, 2.75) is 59.9 Å². The molecule has 2 heterocycles.